The lowest BCUT2D eigenvalue weighted by atomic mass is 10.1. The standard InChI is InChI=1S/C13H8N2O2.CH4O/c16-13(17)8-4-3-7-11-12(8)15-10-6-2-1-5-9(10)14-11;1-2/h1-7H,(H,16,17);2H,1H3. The number of para-hydroxylation sites is 3. The molecule has 0 fully saturated rings. The van der Waals surface area contributed by atoms with E-state index in [1.807, 2.05) is 24.3 Å². The van der Waals surface area contributed by atoms with Crippen LogP contribution in [0.5, 0.6) is 0 Å². The molecule has 2 N–H and O–H groups in total. The molecule has 0 amide bonds. The van der Waals surface area contributed by atoms with Crippen LogP contribution in [0.15, 0.2) is 42.5 Å². The second kappa shape index (κ2) is 5.41. The van der Waals surface area contributed by atoms with Crippen LogP contribution < -0.4 is 0 Å². The third kappa shape index (κ3) is 2.36. The average molecular weight is 256 g/mol. The molecule has 0 saturated heterocycles. The van der Waals surface area contributed by atoms with Gasteiger partial charge in [-0.15, -0.1) is 0 Å². The van der Waals surface area contributed by atoms with E-state index in [0.717, 1.165) is 12.6 Å². The number of hydrogen-bond acceptors (Lipinski definition) is 4. The molecule has 96 valence electrons. The quantitative estimate of drug-likeness (QED) is 0.651. The van der Waals surface area contributed by atoms with Crippen molar-refractivity contribution in [3.8, 4) is 0 Å². The lowest BCUT2D eigenvalue weighted by Gasteiger charge is -2.03. The van der Waals surface area contributed by atoms with Gasteiger partial charge in [0.1, 0.15) is 5.52 Å². The van der Waals surface area contributed by atoms with Gasteiger partial charge in [0, 0.05) is 7.11 Å². The molecule has 3 rings (SSSR count). The zero-order valence-corrected chi connectivity index (χ0v) is 10.2. The highest BCUT2D eigenvalue weighted by molar-refractivity contribution is 6.02. The number of carbonyl (C=O) groups is 1. The summed E-state index contributed by atoms with van der Waals surface area (Å²) >= 11 is 0. The van der Waals surface area contributed by atoms with Gasteiger partial charge in [-0.1, -0.05) is 18.2 Å². The summed E-state index contributed by atoms with van der Waals surface area (Å²) in [6.07, 6.45) is 0. The van der Waals surface area contributed by atoms with Crippen molar-refractivity contribution in [3.63, 3.8) is 0 Å². The molecule has 0 aliphatic heterocycles. The SMILES string of the molecule is CO.O=C(O)c1cccc2nc3ccccc3nc12. The molecular weight excluding hydrogens is 244 g/mol. The molecule has 1 aromatic heterocycles. The van der Waals surface area contributed by atoms with E-state index in [1.165, 1.54) is 6.07 Å². The summed E-state index contributed by atoms with van der Waals surface area (Å²) < 4.78 is 0. The van der Waals surface area contributed by atoms with E-state index in [2.05, 4.69) is 9.97 Å². The summed E-state index contributed by atoms with van der Waals surface area (Å²) in [6, 6.07) is 12.4. The predicted octanol–water partition coefficient (Wildman–Crippen LogP) is 2.09. The Morgan fingerprint density at radius 1 is 0.895 bits per heavy atom. The van der Waals surface area contributed by atoms with Crippen LogP contribution in [0.4, 0.5) is 0 Å². The second-order valence-electron chi connectivity index (χ2n) is 3.69. The lowest BCUT2D eigenvalue weighted by molar-refractivity contribution is 0.0699. The maximum atomic E-state index is 11.1. The molecule has 1 heterocycles. The minimum Gasteiger partial charge on any atom is -0.478 e. The lowest BCUT2D eigenvalue weighted by Crippen LogP contribution is -1.99. The monoisotopic (exact) mass is 256 g/mol. The molecule has 0 spiro atoms. The maximum absolute atomic E-state index is 11.1. The number of aliphatic hydroxyl groups is 1. The fourth-order valence-electron chi connectivity index (χ4n) is 1.82. The van der Waals surface area contributed by atoms with Crippen molar-refractivity contribution in [3.05, 3.63) is 48.0 Å². The molecule has 0 aliphatic rings. The fourth-order valence-corrected chi connectivity index (χ4v) is 1.82. The zero-order valence-electron chi connectivity index (χ0n) is 10.2. The van der Waals surface area contributed by atoms with Gasteiger partial charge in [-0.3, -0.25) is 0 Å². The topological polar surface area (TPSA) is 83.3 Å². The van der Waals surface area contributed by atoms with Crippen molar-refractivity contribution in [1.29, 1.82) is 0 Å². The molecule has 19 heavy (non-hydrogen) atoms. The molecule has 5 nitrogen and oxygen atoms in total. The molecule has 0 radical (unpaired) electrons. The third-order valence-corrected chi connectivity index (χ3v) is 2.60. The number of aromatic nitrogens is 2. The number of carboxylic acids is 1. The maximum Gasteiger partial charge on any atom is 0.337 e. The van der Waals surface area contributed by atoms with Gasteiger partial charge in [0.25, 0.3) is 0 Å². The molecule has 0 saturated carbocycles. The van der Waals surface area contributed by atoms with E-state index in [4.69, 9.17) is 10.2 Å². The van der Waals surface area contributed by atoms with E-state index in [1.54, 1.807) is 12.1 Å². The summed E-state index contributed by atoms with van der Waals surface area (Å²) in [5.74, 6) is -0.986. The summed E-state index contributed by atoms with van der Waals surface area (Å²) in [6.45, 7) is 0. The summed E-state index contributed by atoms with van der Waals surface area (Å²) in [5.41, 5.74) is 2.68. The van der Waals surface area contributed by atoms with E-state index in [-0.39, 0.29) is 5.56 Å². The van der Waals surface area contributed by atoms with Gasteiger partial charge < -0.3 is 10.2 Å². The number of rotatable bonds is 1. The highest BCUT2D eigenvalue weighted by Gasteiger charge is 2.10. The first kappa shape index (κ1) is 12.9. The van der Waals surface area contributed by atoms with Gasteiger partial charge in [-0.2, -0.15) is 0 Å². The number of nitrogens with zero attached hydrogens (tertiary/aromatic N) is 2. The highest BCUT2D eigenvalue weighted by atomic mass is 16.4. The summed E-state index contributed by atoms with van der Waals surface area (Å²) in [7, 11) is 1.00. The van der Waals surface area contributed by atoms with Gasteiger partial charge in [-0.25, -0.2) is 14.8 Å². The fraction of sp³-hybridized carbons (Fsp3) is 0.0714. The smallest absolute Gasteiger partial charge is 0.337 e. The van der Waals surface area contributed by atoms with E-state index >= 15 is 0 Å². The average Bonchev–Trinajstić information content (AvgIpc) is 2.46. The predicted molar refractivity (Wildman–Crippen MR) is 72.1 cm³/mol. The van der Waals surface area contributed by atoms with Crippen LogP contribution in [0.2, 0.25) is 0 Å². The summed E-state index contributed by atoms with van der Waals surface area (Å²) in [4.78, 5) is 19.8. The van der Waals surface area contributed by atoms with E-state index < -0.39 is 5.97 Å². The number of aliphatic hydroxyl groups excluding tert-OH is 1. The van der Waals surface area contributed by atoms with Crippen LogP contribution in [-0.2, 0) is 0 Å². The molecular formula is C14H12N2O3. The Morgan fingerprint density at radius 2 is 1.47 bits per heavy atom. The van der Waals surface area contributed by atoms with Crippen LogP contribution in [0, 0.1) is 0 Å². The zero-order chi connectivity index (χ0) is 13.8. The molecule has 0 aliphatic carbocycles. The Kier molecular flexibility index (Phi) is 3.68. The molecule has 2 aromatic carbocycles. The first-order valence-electron chi connectivity index (χ1n) is 5.59. The van der Waals surface area contributed by atoms with Crippen molar-refractivity contribution in [2.45, 2.75) is 0 Å². The number of benzene rings is 2. The Bertz CT molecular complexity index is 741. The number of aromatic carboxylic acids is 1. The van der Waals surface area contributed by atoms with Gasteiger partial charge in [0.05, 0.1) is 22.1 Å². The van der Waals surface area contributed by atoms with Crippen molar-refractivity contribution >= 4 is 28.0 Å². The van der Waals surface area contributed by atoms with Crippen molar-refractivity contribution < 1.29 is 15.0 Å². The molecule has 0 unspecified atom stereocenters. The van der Waals surface area contributed by atoms with Crippen LogP contribution in [0.1, 0.15) is 10.4 Å². The molecule has 0 atom stereocenters. The largest absolute Gasteiger partial charge is 0.478 e. The van der Waals surface area contributed by atoms with Crippen LogP contribution in [0.25, 0.3) is 22.1 Å². The van der Waals surface area contributed by atoms with E-state index in [0.29, 0.717) is 16.6 Å². The Hall–Kier alpha value is -2.53. The van der Waals surface area contributed by atoms with Crippen molar-refractivity contribution in [1.82, 2.24) is 9.97 Å². The second-order valence-corrected chi connectivity index (χ2v) is 3.69. The van der Waals surface area contributed by atoms with Crippen molar-refractivity contribution in [2.75, 3.05) is 7.11 Å². The first-order valence-corrected chi connectivity index (χ1v) is 5.59. The van der Waals surface area contributed by atoms with Gasteiger partial charge in [0.15, 0.2) is 0 Å². The van der Waals surface area contributed by atoms with Gasteiger partial charge in [0.2, 0.25) is 0 Å². The number of carboxylic acid groups (broad SMARTS) is 1. The third-order valence-electron chi connectivity index (χ3n) is 2.60. The van der Waals surface area contributed by atoms with Crippen LogP contribution in [-0.4, -0.2) is 33.3 Å². The van der Waals surface area contributed by atoms with Crippen molar-refractivity contribution in [2.24, 2.45) is 0 Å². The Balaban J connectivity index is 0.000000637. The normalized spacial score (nSPS) is 10.0. The highest BCUT2D eigenvalue weighted by Crippen LogP contribution is 2.19. The molecule has 3 aromatic rings. The minimum atomic E-state index is -0.986. The van der Waals surface area contributed by atoms with Crippen LogP contribution in [0.3, 0.4) is 0 Å². The van der Waals surface area contributed by atoms with E-state index in [9.17, 15) is 4.79 Å². The van der Waals surface area contributed by atoms with Crippen LogP contribution >= 0.6 is 0 Å². The summed E-state index contributed by atoms with van der Waals surface area (Å²) in [5, 5.41) is 16.1. The number of hydrogen-bond donors (Lipinski definition) is 2. The Labute approximate surface area is 109 Å². The Morgan fingerprint density at radius 3 is 2.11 bits per heavy atom. The van der Waals surface area contributed by atoms with Gasteiger partial charge >= 0.3 is 5.97 Å². The molecule has 0 bridgehead atoms. The minimum absolute atomic E-state index is 0.181. The number of fused-ring (bicyclic) bond motifs is 2. The first-order chi connectivity index (χ1) is 9.25. The molecule has 5 heteroatoms. The van der Waals surface area contributed by atoms with Gasteiger partial charge in [-0.05, 0) is 24.3 Å².